The number of amides is 2. The number of carbonyl (C=O) groups is 2. The van der Waals surface area contributed by atoms with Gasteiger partial charge in [0, 0.05) is 0 Å². The third-order valence-corrected chi connectivity index (χ3v) is 3.54. The average molecular weight is 268 g/mol. The topological polar surface area (TPSA) is 46.2 Å². The van der Waals surface area contributed by atoms with Crippen LogP contribution in [0.3, 0.4) is 0 Å². The number of aryl methyl sites for hydroxylation is 1. The lowest BCUT2D eigenvalue weighted by molar-refractivity contribution is -0.125. The van der Waals surface area contributed by atoms with Crippen molar-refractivity contribution in [3.63, 3.8) is 0 Å². The number of imide groups is 1. The summed E-state index contributed by atoms with van der Waals surface area (Å²) in [5.74, 6) is -0.886. The van der Waals surface area contributed by atoms with Gasteiger partial charge >= 0.3 is 0 Å². The lowest BCUT2D eigenvalue weighted by atomic mass is 9.93. The normalized spacial score (nSPS) is 25.5. The molecule has 1 aliphatic rings. The van der Waals surface area contributed by atoms with E-state index in [0.29, 0.717) is 0 Å². The molecule has 2 rings (SSSR count). The smallest absolute Gasteiger partial charge is 0.241 e. The lowest BCUT2D eigenvalue weighted by Gasteiger charge is -2.12. The summed E-state index contributed by atoms with van der Waals surface area (Å²) in [5.41, 5.74) is 1.93. The number of nitrogens with one attached hydrogen (secondary N) is 1. The molecule has 2 unspecified atom stereocenters. The first kappa shape index (κ1) is 10.4. The van der Waals surface area contributed by atoms with Crippen LogP contribution in [-0.2, 0) is 9.59 Å². The van der Waals surface area contributed by atoms with E-state index in [1.165, 1.54) is 0 Å². The van der Waals surface area contributed by atoms with Crippen LogP contribution in [0.5, 0.6) is 0 Å². The molecule has 2 amide bonds. The van der Waals surface area contributed by atoms with Gasteiger partial charge in [-0.05, 0) is 18.1 Å². The molecule has 0 bridgehead atoms. The van der Waals surface area contributed by atoms with Gasteiger partial charge in [-0.3, -0.25) is 14.9 Å². The Bertz CT molecular complexity index is 430. The van der Waals surface area contributed by atoms with Gasteiger partial charge in [0.25, 0.3) is 0 Å². The molecule has 78 valence electrons. The molecular weight excluding hydrogens is 258 g/mol. The molecule has 1 heterocycles. The third-order valence-electron chi connectivity index (χ3n) is 2.60. The van der Waals surface area contributed by atoms with Crippen molar-refractivity contribution < 1.29 is 9.59 Å². The SMILES string of the molecule is Cc1ccccc1C1C(=O)NC(=O)C1Br. The van der Waals surface area contributed by atoms with E-state index in [2.05, 4.69) is 21.2 Å². The Morgan fingerprint density at radius 3 is 2.40 bits per heavy atom. The highest BCUT2D eigenvalue weighted by Gasteiger charge is 2.41. The fourth-order valence-corrected chi connectivity index (χ4v) is 2.43. The fourth-order valence-electron chi connectivity index (χ4n) is 1.79. The Kier molecular flexibility index (Phi) is 2.61. The molecule has 0 saturated carbocycles. The molecular formula is C11H10BrNO2. The van der Waals surface area contributed by atoms with Crippen LogP contribution in [0.4, 0.5) is 0 Å². The molecule has 1 fully saturated rings. The van der Waals surface area contributed by atoms with Gasteiger partial charge in [0.1, 0.15) is 4.83 Å². The molecule has 0 spiro atoms. The maximum absolute atomic E-state index is 11.6. The van der Waals surface area contributed by atoms with Gasteiger partial charge in [-0.1, -0.05) is 40.2 Å². The Balaban J connectivity index is 2.43. The quantitative estimate of drug-likeness (QED) is 0.619. The summed E-state index contributed by atoms with van der Waals surface area (Å²) in [6, 6.07) is 7.60. The maximum Gasteiger partial charge on any atom is 0.241 e. The van der Waals surface area contributed by atoms with Crippen molar-refractivity contribution in [2.24, 2.45) is 0 Å². The van der Waals surface area contributed by atoms with Crippen LogP contribution in [0.25, 0.3) is 0 Å². The molecule has 4 heteroatoms. The van der Waals surface area contributed by atoms with Gasteiger partial charge in [-0.25, -0.2) is 0 Å². The van der Waals surface area contributed by atoms with Crippen molar-refractivity contribution >= 4 is 27.7 Å². The largest absolute Gasteiger partial charge is 0.295 e. The van der Waals surface area contributed by atoms with Crippen molar-refractivity contribution in [1.29, 1.82) is 0 Å². The minimum atomic E-state index is -0.453. The van der Waals surface area contributed by atoms with E-state index in [4.69, 9.17) is 0 Å². The molecule has 1 saturated heterocycles. The number of hydrogen-bond donors (Lipinski definition) is 1. The van der Waals surface area contributed by atoms with E-state index in [1.54, 1.807) is 0 Å². The zero-order valence-electron chi connectivity index (χ0n) is 8.16. The predicted octanol–water partition coefficient (Wildman–Crippen LogP) is 1.50. The highest BCUT2D eigenvalue weighted by atomic mass is 79.9. The Labute approximate surface area is 96.0 Å². The molecule has 0 aliphatic carbocycles. The summed E-state index contributed by atoms with van der Waals surface area (Å²) in [5, 5.41) is 2.32. The van der Waals surface area contributed by atoms with Crippen LogP contribution in [-0.4, -0.2) is 16.6 Å². The molecule has 1 aliphatic heterocycles. The van der Waals surface area contributed by atoms with Gasteiger partial charge in [-0.15, -0.1) is 0 Å². The first-order valence-electron chi connectivity index (χ1n) is 4.65. The minimum absolute atomic E-state index is 0.226. The molecule has 15 heavy (non-hydrogen) atoms. The van der Waals surface area contributed by atoms with Gasteiger partial charge in [0.15, 0.2) is 0 Å². The molecule has 2 atom stereocenters. The highest BCUT2D eigenvalue weighted by molar-refractivity contribution is 9.10. The van der Waals surface area contributed by atoms with Crippen molar-refractivity contribution in [3.05, 3.63) is 35.4 Å². The fraction of sp³-hybridized carbons (Fsp3) is 0.273. The van der Waals surface area contributed by atoms with Gasteiger partial charge in [0.2, 0.25) is 11.8 Å². The van der Waals surface area contributed by atoms with Gasteiger partial charge in [-0.2, -0.15) is 0 Å². The molecule has 0 aromatic heterocycles. The van der Waals surface area contributed by atoms with E-state index in [1.807, 2.05) is 31.2 Å². The van der Waals surface area contributed by atoms with Crippen LogP contribution in [0.2, 0.25) is 0 Å². The Morgan fingerprint density at radius 1 is 1.20 bits per heavy atom. The number of benzene rings is 1. The third kappa shape index (κ3) is 1.69. The highest BCUT2D eigenvalue weighted by Crippen LogP contribution is 2.31. The molecule has 1 aromatic rings. The number of halogens is 1. The minimum Gasteiger partial charge on any atom is -0.295 e. The van der Waals surface area contributed by atoms with E-state index in [-0.39, 0.29) is 11.8 Å². The van der Waals surface area contributed by atoms with E-state index in [0.717, 1.165) is 11.1 Å². The average Bonchev–Trinajstić information content (AvgIpc) is 2.43. The van der Waals surface area contributed by atoms with Crippen molar-refractivity contribution in [3.8, 4) is 0 Å². The van der Waals surface area contributed by atoms with Crippen LogP contribution >= 0.6 is 15.9 Å². The standard InChI is InChI=1S/C11H10BrNO2/c1-6-4-2-3-5-7(6)8-9(12)11(15)13-10(8)14/h2-5,8-9H,1H3,(H,13,14,15). The summed E-state index contributed by atoms with van der Waals surface area (Å²) < 4.78 is 0. The first-order valence-corrected chi connectivity index (χ1v) is 5.57. The van der Waals surface area contributed by atoms with Crippen molar-refractivity contribution in [2.45, 2.75) is 17.7 Å². The number of hydrogen-bond acceptors (Lipinski definition) is 2. The van der Waals surface area contributed by atoms with Crippen molar-refractivity contribution in [1.82, 2.24) is 5.32 Å². The number of alkyl halides is 1. The van der Waals surface area contributed by atoms with E-state index < -0.39 is 10.7 Å². The Hall–Kier alpha value is -1.16. The number of carbonyl (C=O) groups excluding carboxylic acids is 2. The monoisotopic (exact) mass is 267 g/mol. The van der Waals surface area contributed by atoms with Crippen LogP contribution in [0.1, 0.15) is 17.0 Å². The zero-order valence-corrected chi connectivity index (χ0v) is 9.74. The molecule has 1 aromatic carbocycles. The molecule has 3 nitrogen and oxygen atoms in total. The predicted molar refractivity (Wildman–Crippen MR) is 59.8 cm³/mol. The summed E-state index contributed by atoms with van der Waals surface area (Å²) in [7, 11) is 0. The van der Waals surface area contributed by atoms with E-state index in [9.17, 15) is 9.59 Å². The zero-order chi connectivity index (χ0) is 11.0. The van der Waals surface area contributed by atoms with Gasteiger partial charge in [0.05, 0.1) is 5.92 Å². The van der Waals surface area contributed by atoms with Crippen LogP contribution in [0, 0.1) is 6.92 Å². The maximum atomic E-state index is 11.6. The summed E-state index contributed by atoms with van der Waals surface area (Å²) in [6.07, 6.45) is 0. The van der Waals surface area contributed by atoms with Crippen LogP contribution < -0.4 is 5.32 Å². The summed E-state index contributed by atoms with van der Waals surface area (Å²) in [6.45, 7) is 1.94. The first-order chi connectivity index (χ1) is 7.11. The molecule has 0 radical (unpaired) electrons. The van der Waals surface area contributed by atoms with Gasteiger partial charge < -0.3 is 0 Å². The summed E-state index contributed by atoms with van der Waals surface area (Å²) in [4.78, 5) is 22.4. The second-order valence-corrected chi connectivity index (χ2v) is 4.58. The molecule has 1 N–H and O–H groups in total. The Morgan fingerprint density at radius 2 is 1.87 bits per heavy atom. The summed E-state index contributed by atoms with van der Waals surface area (Å²) >= 11 is 3.25. The van der Waals surface area contributed by atoms with Crippen molar-refractivity contribution in [2.75, 3.05) is 0 Å². The second kappa shape index (κ2) is 3.77. The lowest BCUT2D eigenvalue weighted by Crippen LogP contribution is -2.22. The van der Waals surface area contributed by atoms with Crippen LogP contribution in [0.15, 0.2) is 24.3 Å². The number of rotatable bonds is 1. The van der Waals surface area contributed by atoms with E-state index >= 15 is 0 Å². The second-order valence-electron chi connectivity index (χ2n) is 3.59.